The van der Waals surface area contributed by atoms with Crippen molar-refractivity contribution >= 4 is 23.5 Å². The van der Waals surface area contributed by atoms with Crippen LogP contribution in [0.15, 0.2) is 33.9 Å². The van der Waals surface area contributed by atoms with Gasteiger partial charge < -0.3 is 20.4 Å². The van der Waals surface area contributed by atoms with Gasteiger partial charge in [0.05, 0.1) is 5.25 Å². The first-order valence-electron chi connectivity index (χ1n) is 9.17. The molecule has 1 atom stereocenters. The number of rotatable bonds is 8. The van der Waals surface area contributed by atoms with E-state index in [2.05, 4.69) is 26.7 Å². The molecule has 0 spiro atoms. The molecule has 2 heterocycles. The van der Waals surface area contributed by atoms with Crippen molar-refractivity contribution in [2.45, 2.75) is 51.1 Å². The number of nitrogens with two attached hydrogens (primary N) is 1. The van der Waals surface area contributed by atoms with Crippen LogP contribution >= 0.6 is 11.8 Å². The second-order valence-electron chi connectivity index (χ2n) is 6.71. The Morgan fingerprint density at radius 3 is 2.59 bits per heavy atom. The molecule has 0 aliphatic carbocycles. The van der Waals surface area contributed by atoms with Gasteiger partial charge in [-0.1, -0.05) is 29.9 Å². The van der Waals surface area contributed by atoms with Gasteiger partial charge in [-0.15, -0.1) is 10.2 Å². The average molecular weight is 417 g/mol. The minimum Gasteiger partial charge on any atom is -0.486 e. The van der Waals surface area contributed by atoms with Crippen LogP contribution in [-0.4, -0.2) is 31.2 Å². The van der Waals surface area contributed by atoms with Crippen LogP contribution in [-0.2, 0) is 11.4 Å². The smallest absolute Gasteiger partial charge is 0.239 e. The van der Waals surface area contributed by atoms with Crippen molar-refractivity contribution < 1.29 is 14.1 Å². The molecule has 3 N–H and O–H groups in total. The summed E-state index contributed by atoms with van der Waals surface area (Å²) in [7, 11) is 0. The lowest BCUT2D eigenvalue weighted by Gasteiger charge is -2.13. The topological polar surface area (TPSA) is 121 Å². The van der Waals surface area contributed by atoms with Crippen LogP contribution in [0.4, 0.5) is 5.82 Å². The summed E-state index contributed by atoms with van der Waals surface area (Å²) in [5, 5.41) is 14.7. The Kier molecular flexibility index (Phi) is 6.42. The molecule has 1 unspecified atom stereocenters. The molecule has 0 saturated heterocycles. The zero-order chi connectivity index (χ0) is 21.0. The summed E-state index contributed by atoms with van der Waals surface area (Å²) in [5.74, 6) is 8.12. The maximum absolute atomic E-state index is 12.5. The summed E-state index contributed by atoms with van der Waals surface area (Å²) in [5.41, 5.74) is 2.23. The van der Waals surface area contributed by atoms with E-state index < -0.39 is 5.25 Å². The molecule has 2 aromatic heterocycles. The third kappa shape index (κ3) is 5.29. The molecular weight excluding hydrogens is 392 g/mol. The van der Waals surface area contributed by atoms with Crippen LogP contribution in [0.5, 0.6) is 5.75 Å². The lowest BCUT2D eigenvalue weighted by atomic mass is 10.1. The summed E-state index contributed by atoms with van der Waals surface area (Å²) >= 11 is 1.24. The van der Waals surface area contributed by atoms with Gasteiger partial charge in [0, 0.05) is 6.07 Å². The number of benzene rings is 1. The first-order valence-corrected chi connectivity index (χ1v) is 10.0. The summed E-state index contributed by atoms with van der Waals surface area (Å²) < 4.78 is 12.1. The normalized spacial score (nSPS) is 12.0. The number of carbonyl (C=O) groups is 1. The lowest BCUT2D eigenvalue weighted by molar-refractivity contribution is -0.115. The van der Waals surface area contributed by atoms with Crippen molar-refractivity contribution in [1.82, 2.24) is 20.0 Å². The van der Waals surface area contributed by atoms with Crippen LogP contribution in [0.1, 0.15) is 36.1 Å². The largest absolute Gasteiger partial charge is 0.486 e. The van der Waals surface area contributed by atoms with Crippen LogP contribution < -0.4 is 15.9 Å². The standard InChI is InChI=1S/C19H24N6O3S/c1-5-15(18(26)21-16-9-13(4)28-24-16)29-19-23-22-17(25(19)20)10-27-14-7-11(2)6-12(3)8-14/h6-9,15H,5,10,20H2,1-4H3,(H,21,24,26). The predicted molar refractivity (Wildman–Crippen MR) is 110 cm³/mol. The van der Waals surface area contributed by atoms with Gasteiger partial charge in [0.25, 0.3) is 0 Å². The van der Waals surface area contributed by atoms with E-state index in [1.807, 2.05) is 32.9 Å². The highest BCUT2D eigenvalue weighted by molar-refractivity contribution is 8.00. The fourth-order valence-electron chi connectivity index (χ4n) is 2.73. The van der Waals surface area contributed by atoms with Gasteiger partial charge in [0.1, 0.15) is 18.1 Å². The highest BCUT2D eigenvalue weighted by atomic mass is 32.2. The number of carbonyl (C=O) groups excluding carboxylic acids is 1. The monoisotopic (exact) mass is 416 g/mol. The lowest BCUT2D eigenvalue weighted by Crippen LogP contribution is -2.26. The van der Waals surface area contributed by atoms with Gasteiger partial charge in [0.15, 0.2) is 11.6 Å². The minimum atomic E-state index is -0.410. The van der Waals surface area contributed by atoms with E-state index in [4.69, 9.17) is 15.1 Å². The highest BCUT2D eigenvalue weighted by Crippen LogP contribution is 2.25. The molecule has 0 bridgehead atoms. The SMILES string of the molecule is CCC(Sc1nnc(COc2cc(C)cc(C)c2)n1N)C(=O)Nc1cc(C)on1. The Labute approximate surface area is 173 Å². The van der Waals surface area contributed by atoms with Crippen molar-refractivity contribution in [1.29, 1.82) is 0 Å². The molecule has 154 valence electrons. The zero-order valence-corrected chi connectivity index (χ0v) is 17.6. The quantitative estimate of drug-likeness (QED) is 0.425. The Hall–Kier alpha value is -3.01. The number of nitrogens with one attached hydrogen (secondary N) is 1. The Balaban J connectivity index is 1.63. The molecule has 3 rings (SSSR count). The number of nitrogens with zero attached hydrogens (tertiary/aromatic N) is 4. The van der Waals surface area contributed by atoms with Crippen LogP contribution in [0.25, 0.3) is 0 Å². The van der Waals surface area contributed by atoms with E-state index in [0.29, 0.717) is 29.0 Å². The maximum atomic E-state index is 12.5. The van der Waals surface area contributed by atoms with Crippen LogP contribution in [0, 0.1) is 20.8 Å². The maximum Gasteiger partial charge on any atom is 0.239 e. The Bertz CT molecular complexity index is 979. The van der Waals surface area contributed by atoms with Crippen molar-refractivity contribution in [2.75, 3.05) is 11.2 Å². The van der Waals surface area contributed by atoms with Crippen molar-refractivity contribution in [3.05, 3.63) is 47.0 Å². The summed E-state index contributed by atoms with van der Waals surface area (Å²) in [6.07, 6.45) is 0.578. The third-order valence-electron chi connectivity index (χ3n) is 4.09. The molecule has 0 saturated carbocycles. The number of hydrogen-bond acceptors (Lipinski definition) is 8. The molecule has 0 radical (unpaired) electrons. The van der Waals surface area contributed by atoms with E-state index in [1.165, 1.54) is 16.4 Å². The van der Waals surface area contributed by atoms with Gasteiger partial charge in [-0.3, -0.25) is 4.79 Å². The molecular formula is C19H24N6O3S. The van der Waals surface area contributed by atoms with E-state index in [1.54, 1.807) is 13.0 Å². The van der Waals surface area contributed by atoms with Crippen molar-refractivity contribution in [2.24, 2.45) is 0 Å². The first kappa shape index (κ1) is 20.7. The Morgan fingerprint density at radius 2 is 1.97 bits per heavy atom. The second-order valence-corrected chi connectivity index (χ2v) is 7.88. The van der Waals surface area contributed by atoms with Gasteiger partial charge in [-0.25, -0.2) is 4.68 Å². The van der Waals surface area contributed by atoms with E-state index in [0.717, 1.165) is 16.9 Å². The number of anilines is 1. The molecule has 1 amide bonds. The molecule has 10 heteroatoms. The molecule has 0 aliphatic heterocycles. The third-order valence-corrected chi connectivity index (χ3v) is 5.41. The van der Waals surface area contributed by atoms with Gasteiger partial charge >= 0.3 is 0 Å². The fourth-order valence-corrected chi connectivity index (χ4v) is 3.63. The fraction of sp³-hybridized carbons (Fsp3) is 0.368. The number of hydrogen-bond donors (Lipinski definition) is 2. The first-order chi connectivity index (χ1) is 13.9. The van der Waals surface area contributed by atoms with E-state index in [-0.39, 0.29) is 12.5 Å². The van der Waals surface area contributed by atoms with E-state index in [9.17, 15) is 4.79 Å². The number of nitrogen functional groups attached to an aromatic ring is 1. The summed E-state index contributed by atoms with van der Waals surface area (Å²) in [6.45, 7) is 7.86. The number of thioether (sulfide) groups is 1. The number of amides is 1. The second kappa shape index (κ2) is 8.99. The highest BCUT2D eigenvalue weighted by Gasteiger charge is 2.23. The van der Waals surface area contributed by atoms with Gasteiger partial charge in [-0.05, 0) is 50.5 Å². The number of aryl methyl sites for hydroxylation is 3. The van der Waals surface area contributed by atoms with E-state index >= 15 is 0 Å². The minimum absolute atomic E-state index is 0.175. The number of aromatic nitrogens is 4. The van der Waals surface area contributed by atoms with Crippen LogP contribution in [0.2, 0.25) is 0 Å². The molecule has 29 heavy (non-hydrogen) atoms. The van der Waals surface area contributed by atoms with Gasteiger partial charge in [0.2, 0.25) is 11.1 Å². The van der Waals surface area contributed by atoms with Crippen LogP contribution in [0.3, 0.4) is 0 Å². The predicted octanol–water partition coefficient (Wildman–Crippen LogP) is 2.99. The zero-order valence-electron chi connectivity index (χ0n) is 16.8. The summed E-state index contributed by atoms with van der Waals surface area (Å²) in [4.78, 5) is 12.5. The molecule has 0 fully saturated rings. The summed E-state index contributed by atoms with van der Waals surface area (Å²) in [6, 6.07) is 7.62. The van der Waals surface area contributed by atoms with Gasteiger partial charge in [-0.2, -0.15) is 0 Å². The molecule has 3 aromatic rings. The Morgan fingerprint density at radius 1 is 1.24 bits per heavy atom. The van der Waals surface area contributed by atoms with Crippen molar-refractivity contribution in [3.8, 4) is 5.75 Å². The average Bonchev–Trinajstić information content (AvgIpc) is 3.22. The number of ether oxygens (including phenoxy) is 1. The molecule has 0 aliphatic rings. The molecule has 9 nitrogen and oxygen atoms in total. The van der Waals surface area contributed by atoms with Crippen molar-refractivity contribution in [3.63, 3.8) is 0 Å². The molecule has 1 aromatic carbocycles.